The first-order valence-corrected chi connectivity index (χ1v) is 6.21. The fourth-order valence-corrected chi connectivity index (χ4v) is 1.70. The number of hydrogen-bond acceptors (Lipinski definition) is 3. The van der Waals surface area contributed by atoms with Gasteiger partial charge < -0.3 is 9.84 Å². The van der Waals surface area contributed by atoms with E-state index in [1.165, 1.54) is 0 Å². The Kier molecular flexibility index (Phi) is 3.99. The van der Waals surface area contributed by atoms with E-state index in [2.05, 4.69) is 5.10 Å². The summed E-state index contributed by atoms with van der Waals surface area (Å²) in [6, 6.07) is 7.48. The van der Waals surface area contributed by atoms with Gasteiger partial charge in [0.05, 0.1) is 18.5 Å². The molecule has 1 heterocycles. The predicted octanol–water partition coefficient (Wildman–Crippen LogP) is 3.14. The zero-order valence-corrected chi connectivity index (χ0v) is 10.7. The monoisotopic (exact) mass is 246 g/mol. The molecule has 1 aromatic carbocycles. The lowest BCUT2D eigenvalue weighted by Crippen LogP contribution is -1.94. The number of nitrogens with zero attached hydrogens (tertiary/aromatic N) is 2. The molecule has 0 fully saturated rings. The molecule has 1 N–H and O–H groups in total. The van der Waals surface area contributed by atoms with E-state index in [9.17, 15) is 5.11 Å². The molecule has 0 saturated carbocycles. The number of aromatic nitrogens is 2. The molecule has 0 aliphatic heterocycles. The van der Waals surface area contributed by atoms with Crippen LogP contribution < -0.4 is 4.74 Å². The molecule has 0 unspecified atom stereocenters. The fraction of sp³-hybridized carbons (Fsp3) is 0.357. The van der Waals surface area contributed by atoms with Crippen LogP contribution in [0, 0.1) is 0 Å². The number of hydrogen-bond donors (Lipinski definition) is 1. The Bertz CT molecular complexity index is 491. The lowest BCUT2D eigenvalue weighted by molar-refractivity contribution is 0.173. The van der Waals surface area contributed by atoms with Crippen LogP contribution in [0.3, 0.4) is 0 Å². The fourth-order valence-electron chi connectivity index (χ4n) is 1.70. The molecule has 0 spiro atoms. The standard InChI is InChI=1S/C14H18N2O2/c1-3-14(17)11-5-7-12(8-6-11)18-13-9-15-16(4-2)10-13/h5-10,14,17H,3-4H2,1-2H3/t14-/m0/s1. The van der Waals surface area contributed by atoms with Gasteiger partial charge in [0.2, 0.25) is 0 Å². The summed E-state index contributed by atoms with van der Waals surface area (Å²) < 4.78 is 7.47. The van der Waals surface area contributed by atoms with E-state index in [4.69, 9.17) is 4.74 Å². The second-order valence-electron chi connectivity index (χ2n) is 4.13. The molecule has 0 bridgehead atoms. The van der Waals surface area contributed by atoms with Crippen molar-refractivity contribution in [2.45, 2.75) is 32.9 Å². The lowest BCUT2D eigenvalue weighted by atomic mass is 10.1. The second-order valence-corrected chi connectivity index (χ2v) is 4.13. The maximum atomic E-state index is 9.69. The molecule has 4 heteroatoms. The highest BCUT2D eigenvalue weighted by molar-refractivity contribution is 5.32. The van der Waals surface area contributed by atoms with Gasteiger partial charge in [0.25, 0.3) is 0 Å². The smallest absolute Gasteiger partial charge is 0.165 e. The summed E-state index contributed by atoms with van der Waals surface area (Å²) in [7, 11) is 0. The van der Waals surface area contributed by atoms with Crippen molar-refractivity contribution in [1.29, 1.82) is 0 Å². The van der Waals surface area contributed by atoms with Gasteiger partial charge in [-0.05, 0) is 31.0 Å². The van der Waals surface area contributed by atoms with E-state index in [1.54, 1.807) is 6.20 Å². The van der Waals surface area contributed by atoms with Crippen LogP contribution in [0.5, 0.6) is 11.5 Å². The average molecular weight is 246 g/mol. The van der Waals surface area contributed by atoms with E-state index in [1.807, 2.05) is 49.0 Å². The summed E-state index contributed by atoms with van der Waals surface area (Å²) >= 11 is 0. The van der Waals surface area contributed by atoms with Gasteiger partial charge in [-0.1, -0.05) is 19.1 Å². The van der Waals surface area contributed by atoms with E-state index < -0.39 is 6.10 Å². The maximum absolute atomic E-state index is 9.69. The Morgan fingerprint density at radius 2 is 1.94 bits per heavy atom. The molecule has 0 radical (unpaired) electrons. The molecule has 0 saturated heterocycles. The normalized spacial score (nSPS) is 12.4. The third-order valence-electron chi connectivity index (χ3n) is 2.82. The zero-order chi connectivity index (χ0) is 13.0. The van der Waals surface area contributed by atoms with Gasteiger partial charge >= 0.3 is 0 Å². The average Bonchev–Trinajstić information content (AvgIpc) is 2.86. The summed E-state index contributed by atoms with van der Waals surface area (Å²) in [6.45, 7) is 4.80. The van der Waals surface area contributed by atoms with Crippen LogP contribution in [0.1, 0.15) is 31.9 Å². The van der Waals surface area contributed by atoms with Gasteiger partial charge in [0.15, 0.2) is 5.75 Å². The number of aliphatic hydroxyl groups is 1. The van der Waals surface area contributed by atoms with Crippen molar-refractivity contribution in [2.75, 3.05) is 0 Å². The van der Waals surface area contributed by atoms with Crippen LogP contribution in [0.15, 0.2) is 36.7 Å². The molecule has 1 aromatic heterocycles. The van der Waals surface area contributed by atoms with Gasteiger partial charge in [-0.3, -0.25) is 4.68 Å². The van der Waals surface area contributed by atoms with Crippen LogP contribution in [-0.4, -0.2) is 14.9 Å². The summed E-state index contributed by atoms with van der Waals surface area (Å²) in [5, 5.41) is 13.8. The largest absolute Gasteiger partial charge is 0.454 e. The first kappa shape index (κ1) is 12.6. The van der Waals surface area contributed by atoms with E-state index in [0.29, 0.717) is 6.42 Å². The van der Waals surface area contributed by atoms with Crippen LogP contribution in [-0.2, 0) is 6.54 Å². The van der Waals surface area contributed by atoms with E-state index >= 15 is 0 Å². The Morgan fingerprint density at radius 1 is 1.22 bits per heavy atom. The maximum Gasteiger partial charge on any atom is 0.165 e. The summed E-state index contributed by atoms with van der Waals surface area (Å²) in [5.74, 6) is 1.47. The predicted molar refractivity (Wildman–Crippen MR) is 69.7 cm³/mol. The molecule has 0 aliphatic rings. The van der Waals surface area contributed by atoms with Crippen molar-refractivity contribution >= 4 is 0 Å². The molecular weight excluding hydrogens is 228 g/mol. The Hall–Kier alpha value is -1.81. The lowest BCUT2D eigenvalue weighted by Gasteiger charge is -2.09. The molecule has 0 aliphatic carbocycles. The van der Waals surface area contributed by atoms with Gasteiger partial charge in [-0.15, -0.1) is 0 Å². The van der Waals surface area contributed by atoms with E-state index in [-0.39, 0.29) is 0 Å². The Labute approximate surface area is 107 Å². The highest BCUT2D eigenvalue weighted by Gasteiger charge is 2.05. The number of ether oxygens (including phenoxy) is 1. The molecule has 1 atom stereocenters. The first-order valence-electron chi connectivity index (χ1n) is 6.21. The highest BCUT2D eigenvalue weighted by atomic mass is 16.5. The van der Waals surface area contributed by atoms with Crippen molar-refractivity contribution in [1.82, 2.24) is 9.78 Å². The molecule has 96 valence electrons. The SMILES string of the molecule is CC[C@H](O)c1ccc(Oc2cnn(CC)c2)cc1. The minimum Gasteiger partial charge on any atom is -0.454 e. The topological polar surface area (TPSA) is 47.3 Å². The second kappa shape index (κ2) is 5.69. The number of benzene rings is 1. The summed E-state index contributed by atoms with van der Waals surface area (Å²) in [5.41, 5.74) is 0.911. The third-order valence-corrected chi connectivity index (χ3v) is 2.82. The van der Waals surface area contributed by atoms with Crippen molar-refractivity contribution < 1.29 is 9.84 Å². The van der Waals surface area contributed by atoms with Crippen molar-refractivity contribution in [3.8, 4) is 11.5 Å². The third kappa shape index (κ3) is 2.90. The van der Waals surface area contributed by atoms with Gasteiger partial charge in [-0.2, -0.15) is 5.10 Å². The Morgan fingerprint density at radius 3 is 2.50 bits per heavy atom. The number of rotatable bonds is 5. The minimum absolute atomic E-state index is 0.401. The molecule has 0 amide bonds. The first-order chi connectivity index (χ1) is 8.72. The number of aliphatic hydroxyl groups excluding tert-OH is 1. The zero-order valence-electron chi connectivity index (χ0n) is 10.7. The van der Waals surface area contributed by atoms with Gasteiger partial charge in [0.1, 0.15) is 5.75 Å². The van der Waals surface area contributed by atoms with E-state index in [0.717, 1.165) is 23.6 Å². The highest BCUT2D eigenvalue weighted by Crippen LogP contribution is 2.23. The molecule has 2 aromatic rings. The van der Waals surface area contributed by atoms with Crippen LogP contribution in [0.25, 0.3) is 0 Å². The van der Waals surface area contributed by atoms with Crippen molar-refractivity contribution in [3.05, 3.63) is 42.2 Å². The summed E-state index contributed by atoms with van der Waals surface area (Å²) in [6.07, 6.45) is 3.86. The molecular formula is C14H18N2O2. The van der Waals surface area contributed by atoms with Crippen molar-refractivity contribution in [3.63, 3.8) is 0 Å². The van der Waals surface area contributed by atoms with Crippen molar-refractivity contribution in [2.24, 2.45) is 0 Å². The minimum atomic E-state index is -0.401. The van der Waals surface area contributed by atoms with Crippen LogP contribution >= 0.6 is 0 Å². The molecule has 4 nitrogen and oxygen atoms in total. The quantitative estimate of drug-likeness (QED) is 0.881. The summed E-state index contributed by atoms with van der Waals surface area (Å²) in [4.78, 5) is 0. The number of aryl methyl sites for hydroxylation is 1. The Balaban J connectivity index is 2.06. The van der Waals surface area contributed by atoms with Crippen LogP contribution in [0.4, 0.5) is 0 Å². The molecule has 2 rings (SSSR count). The van der Waals surface area contributed by atoms with Gasteiger partial charge in [0, 0.05) is 6.54 Å². The molecule has 18 heavy (non-hydrogen) atoms. The van der Waals surface area contributed by atoms with Crippen LogP contribution in [0.2, 0.25) is 0 Å². The van der Waals surface area contributed by atoms with Gasteiger partial charge in [-0.25, -0.2) is 0 Å².